The standard InChI is InChI=1S/C19H23N3O7S/c1-13(17-11-16(28-2)8-9-18(17)29-3)20-19(23)12-21(30(4,26)27)14-6-5-7-15(10-14)22(24)25/h5-11,13H,12H2,1-4H3,(H,20,23)/t13-/m0/s1. The molecule has 0 aromatic heterocycles. The molecule has 0 aliphatic rings. The molecule has 30 heavy (non-hydrogen) atoms. The Balaban J connectivity index is 2.25. The van der Waals surface area contributed by atoms with E-state index in [9.17, 15) is 23.3 Å². The number of hydrogen-bond donors (Lipinski definition) is 1. The summed E-state index contributed by atoms with van der Waals surface area (Å²) < 4.78 is 35.8. The van der Waals surface area contributed by atoms with Gasteiger partial charge in [-0.2, -0.15) is 0 Å². The van der Waals surface area contributed by atoms with E-state index in [2.05, 4.69) is 5.32 Å². The van der Waals surface area contributed by atoms with Crippen molar-refractivity contribution in [3.63, 3.8) is 0 Å². The zero-order valence-corrected chi connectivity index (χ0v) is 17.8. The van der Waals surface area contributed by atoms with Crippen molar-refractivity contribution in [2.75, 3.05) is 31.3 Å². The number of rotatable bonds is 9. The van der Waals surface area contributed by atoms with Gasteiger partial charge in [0.05, 0.1) is 37.1 Å². The van der Waals surface area contributed by atoms with Crippen molar-refractivity contribution >= 4 is 27.3 Å². The SMILES string of the molecule is COc1ccc(OC)c([C@H](C)NC(=O)CN(c2cccc([N+](=O)[O-])c2)S(C)(=O)=O)c1. The number of amides is 1. The highest BCUT2D eigenvalue weighted by Gasteiger charge is 2.24. The van der Waals surface area contributed by atoms with Gasteiger partial charge in [-0.15, -0.1) is 0 Å². The summed E-state index contributed by atoms with van der Waals surface area (Å²) in [5, 5.41) is 13.7. The molecule has 0 aliphatic heterocycles. The molecular formula is C19H23N3O7S. The summed E-state index contributed by atoms with van der Waals surface area (Å²) in [6, 6.07) is 9.67. The fraction of sp³-hybridized carbons (Fsp3) is 0.316. The molecule has 10 nitrogen and oxygen atoms in total. The first-order valence-corrected chi connectivity index (χ1v) is 10.6. The molecule has 2 aromatic carbocycles. The quantitative estimate of drug-likeness (QED) is 0.471. The molecule has 2 rings (SSSR count). The molecule has 2 aromatic rings. The second-order valence-corrected chi connectivity index (χ2v) is 8.35. The highest BCUT2D eigenvalue weighted by Crippen LogP contribution is 2.29. The van der Waals surface area contributed by atoms with Crippen molar-refractivity contribution in [1.29, 1.82) is 0 Å². The number of non-ortho nitro benzene ring substituents is 1. The monoisotopic (exact) mass is 437 g/mol. The lowest BCUT2D eigenvalue weighted by Gasteiger charge is -2.23. The smallest absolute Gasteiger partial charge is 0.271 e. The summed E-state index contributed by atoms with van der Waals surface area (Å²) in [7, 11) is -0.869. The van der Waals surface area contributed by atoms with E-state index in [0.29, 0.717) is 17.1 Å². The van der Waals surface area contributed by atoms with Gasteiger partial charge < -0.3 is 14.8 Å². The van der Waals surface area contributed by atoms with Crippen molar-refractivity contribution in [2.24, 2.45) is 0 Å². The molecule has 0 saturated heterocycles. The molecule has 1 atom stereocenters. The molecule has 0 fully saturated rings. The van der Waals surface area contributed by atoms with Gasteiger partial charge in [-0.05, 0) is 31.2 Å². The number of nitro groups is 1. The summed E-state index contributed by atoms with van der Waals surface area (Å²) >= 11 is 0. The highest BCUT2D eigenvalue weighted by atomic mass is 32.2. The van der Waals surface area contributed by atoms with Crippen LogP contribution in [0.3, 0.4) is 0 Å². The highest BCUT2D eigenvalue weighted by molar-refractivity contribution is 7.92. The number of anilines is 1. The van der Waals surface area contributed by atoms with E-state index < -0.39 is 33.4 Å². The maximum absolute atomic E-state index is 12.6. The van der Waals surface area contributed by atoms with Crippen LogP contribution in [0.1, 0.15) is 18.5 Å². The summed E-state index contributed by atoms with van der Waals surface area (Å²) in [6.45, 7) is 1.17. The van der Waals surface area contributed by atoms with E-state index in [1.54, 1.807) is 25.1 Å². The summed E-state index contributed by atoms with van der Waals surface area (Å²) in [4.78, 5) is 23.0. The van der Waals surface area contributed by atoms with Crippen LogP contribution in [-0.4, -0.2) is 46.3 Å². The van der Waals surface area contributed by atoms with Crippen molar-refractivity contribution in [1.82, 2.24) is 5.32 Å². The number of nitrogens with zero attached hydrogens (tertiary/aromatic N) is 2. The number of methoxy groups -OCH3 is 2. The molecule has 1 amide bonds. The Morgan fingerprint density at radius 1 is 1.20 bits per heavy atom. The zero-order chi connectivity index (χ0) is 22.5. The minimum atomic E-state index is -3.87. The van der Waals surface area contributed by atoms with Crippen LogP contribution in [0.4, 0.5) is 11.4 Å². The van der Waals surface area contributed by atoms with Gasteiger partial charge in [-0.25, -0.2) is 8.42 Å². The fourth-order valence-electron chi connectivity index (χ4n) is 2.83. The van der Waals surface area contributed by atoms with E-state index in [1.165, 1.54) is 32.4 Å². The van der Waals surface area contributed by atoms with Crippen LogP contribution in [0.25, 0.3) is 0 Å². The molecule has 0 spiro atoms. The van der Waals surface area contributed by atoms with Crippen LogP contribution in [0, 0.1) is 10.1 Å². The number of benzene rings is 2. The van der Waals surface area contributed by atoms with E-state index in [-0.39, 0.29) is 11.4 Å². The maximum Gasteiger partial charge on any atom is 0.271 e. The molecule has 0 bridgehead atoms. The van der Waals surface area contributed by atoms with Crippen LogP contribution >= 0.6 is 0 Å². The minimum absolute atomic E-state index is 0.0217. The first-order valence-electron chi connectivity index (χ1n) is 8.80. The summed E-state index contributed by atoms with van der Waals surface area (Å²) in [6.07, 6.45) is 0.924. The largest absolute Gasteiger partial charge is 0.497 e. The maximum atomic E-state index is 12.6. The number of nitrogens with one attached hydrogen (secondary N) is 1. The lowest BCUT2D eigenvalue weighted by Crippen LogP contribution is -2.41. The van der Waals surface area contributed by atoms with Gasteiger partial charge in [-0.1, -0.05) is 6.07 Å². The average molecular weight is 437 g/mol. The van der Waals surface area contributed by atoms with E-state index in [1.807, 2.05) is 0 Å². The van der Waals surface area contributed by atoms with Gasteiger partial charge in [0.1, 0.15) is 18.0 Å². The number of sulfonamides is 1. The van der Waals surface area contributed by atoms with Gasteiger partial charge in [0.15, 0.2) is 0 Å². The number of carbonyl (C=O) groups is 1. The average Bonchev–Trinajstić information content (AvgIpc) is 2.70. The number of ether oxygens (including phenoxy) is 2. The van der Waals surface area contributed by atoms with Crippen molar-refractivity contribution < 1.29 is 27.6 Å². The summed E-state index contributed by atoms with van der Waals surface area (Å²) in [5.41, 5.74) is 0.385. The topological polar surface area (TPSA) is 128 Å². The van der Waals surface area contributed by atoms with Gasteiger partial charge in [-0.3, -0.25) is 19.2 Å². The molecule has 0 unspecified atom stereocenters. The van der Waals surface area contributed by atoms with Gasteiger partial charge in [0.2, 0.25) is 15.9 Å². The predicted octanol–water partition coefficient (Wildman–Crippen LogP) is 2.26. The Labute approximate surface area is 174 Å². The zero-order valence-electron chi connectivity index (χ0n) is 17.0. The van der Waals surface area contributed by atoms with E-state index in [4.69, 9.17) is 9.47 Å². The van der Waals surface area contributed by atoms with Crippen molar-refractivity contribution in [3.05, 3.63) is 58.1 Å². The fourth-order valence-corrected chi connectivity index (χ4v) is 3.68. The van der Waals surface area contributed by atoms with Crippen LogP contribution in [-0.2, 0) is 14.8 Å². The first-order chi connectivity index (χ1) is 14.1. The first kappa shape index (κ1) is 22.9. The molecule has 0 heterocycles. The summed E-state index contributed by atoms with van der Waals surface area (Å²) in [5.74, 6) is 0.507. The van der Waals surface area contributed by atoms with Crippen LogP contribution in [0.2, 0.25) is 0 Å². The number of nitro benzene ring substituents is 1. The Morgan fingerprint density at radius 3 is 2.47 bits per heavy atom. The molecule has 11 heteroatoms. The lowest BCUT2D eigenvalue weighted by molar-refractivity contribution is -0.384. The number of carbonyl (C=O) groups excluding carboxylic acids is 1. The van der Waals surface area contributed by atoms with Gasteiger partial charge >= 0.3 is 0 Å². The molecule has 0 saturated carbocycles. The van der Waals surface area contributed by atoms with Crippen molar-refractivity contribution in [2.45, 2.75) is 13.0 Å². The normalized spacial score (nSPS) is 12.0. The van der Waals surface area contributed by atoms with Gasteiger partial charge in [0, 0.05) is 17.7 Å². The Bertz CT molecular complexity index is 1040. The third-order valence-electron chi connectivity index (χ3n) is 4.30. The Kier molecular flexibility index (Phi) is 7.22. The molecular weight excluding hydrogens is 414 g/mol. The second-order valence-electron chi connectivity index (χ2n) is 6.44. The molecule has 0 radical (unpaired) electrons. The minimum Gasteiger partial charge on any atom is -0.497 e. The molecule has 0 aliphatic carbocycles. The molecule has 1 N–H and O–H groups in total. The third-order valence-corrected chi connectivity index (χ3v) is 5.44. The van der Waals surface area contributed by atoms with Crippen LogP contribution in [0.15, 0.2) is 42.5 Å². The predicted molar refractivity (Wildman–Crippen MR) is 111 cm³/mol. The van der Waals surface area contributed by atoms with Crippen LogP contribution in [0.5, 0.6) is 11.5 Å². The van der Waals surface area contributed by atoms with Crippen molar-refractivity contribution in [3.8, 4) is 11.5 Å². The van der Waals surface area contributed by atoms with E-state index in [0.717, 1.165) is 16.6 Å². The second kappa shape index (κ2) is 9.44. The third kappa shape index (κ3) is 5.60. The van der Waals surface area contributed by atoms with Gasteiger partial charge in [0.25, 0.3) is 5.69 Å². The van der Waals surface area contributed by atoms with E-state index >= 15 is 0 Å². The number of hydrogen-bond acceptors (Lipinski definition) is 7. The molecule has 162 valence electrons. The Morgan fingerprint density at radius 2 is 1.90 bits per heavy atom. The lowest BCUT2D eigenvalue weighted by atomic mass is 10.1. The van der Waals surface area contributed by atoms with Crippen LogP contribution < -0.4 is 19.1 Å². The Hall–Kier alpha value is -3.34.